The number of benzene rings is 2. The van der Waals surface area contributed by atoms with E-state index in [9.17, 15) is 19.5 Å². The van der Waals surface area contributed by atoms with E-state index in [4.69, 9.17) is 15.5 Å². The Morgan fingerprint density at radius 3 is 2.53 bits per heavy atom. The van der Waals surface area contributed by atoms with Crippen LogP contribution in [0.4, 0.5) is 30.8 Å². The molecule has 4 N–H and O–H groups in total. The molecule has 0 unspecified atom stereocenters. The molecule has 4 aliphatic heterocycles. The number of halogens is 2. The van der Waals surface area contributed by atoms with Gasteiger partial charge in [0.1, 0.15) is 17.5 Å². The number of likely N-dealkylation sites (tertiary alicyclic amines) is 2. The molecule has 2 aromatic carbocycles. The van der Waals surface area contributed by atoms with Gasteiger partial charge in [-0.15, -0.1) is 10.2 Å². The molecule has 5 fully saturated rings. The number of nitrogens with one attached hydrogen (secondary N) is 1. The van der Waals surface area contributed by atoms with Crippen molar-refractivity contribution in [3.8, 4) is 17.0 Å². The van der Waals surface area contributed by atoms with Crippen molar-refractivity contribution in [2.45, 2.75) is 69.4 Å². The van der Waals surface area contributed by atoms with Crippen molar-refractivity contribution in [2.75, 3.05) is 74.5 Å². The first-order valence-corrected chi connectivity index (χ1v) is 22.3. The lowest BCUT2D eigenvalue weighted by atomic mass is 9.90. The van der Waals surface area contributed by atoms with Crippen LogP contribution in [0.25, 0.3) is 22.3 Å². The zero-order valence-electron chi connectivity index (χ0n) is 35.8. The molecule has 1 aliphatic carbocycles. The Hall–Kier alpha value is -6.20. The lowest BCUT2D eigenvalue weighted by Crippen LogP contribution is -2.54. The van der Waals surface area contributed by atoms with Crippen molar-refractivity contribution in [1.82, 2.24) is 34.9 Å². The van der Waals surface area contributed by atoms with Crippen molar-refractivity contribution >= 4 is 46.1 Å². The third-order valence-electron chi connectivity index (χ3n) is 13.8. The molecule has 5 aromatic rings. The quantitative estimate of drug-likeness (QED) is 0.149. The number of aromatic hydroxyl groups is 1. The molecule has 1 saturated carbocycles. The van der Waals surface area contributed by atoms with E-state index in [-0.39, 0.29) is 55.6 Å². The summed E-state index contributed by atoms with van der Waals surface area (Å²) < 4.78 is 40.4. The molecule has 4 amide bonds. The summed E-state index contributed by atoms with van der Waals surface area (Å²) in [4.78, 5) is 50.0. The number of ether oxygens (including phenoxy) is 1. The van der Waals surface area contributed by atoms with Crippen LogP contribution >= 0.6 is 0 Å². The number of urea groups is 1. The number of nitrogen functional groups attached to an aromatic ring is 1. The maximum absolute atomic E-state index is 16.0. The smallest absolute Gasteiger partial charge is 0.328 e. The molecule has 7 heterocycles. The summed E-state index contributed by atoms with van der Waals surface area (Å²) in [5.74, 6) is -3.79. The normalized spacial score (nSPS) is 22.3. The van der Waals surface area contributed by atoms with E-state index in [1.165, 1.54) is 10.5 Å². The number of aromatic nitrogens is 4. The number of phenols is 1. The Kier molecular flexibility index (Phi) is 10.9. The largest absolute Gasteiger partial charge is 0.507 e. The number of aryl methyl sites for hydroxylation is 1. The Balaban J connectivity index is 0.752. The summed E-state index contributed by atoms with van der Waals surface area (Å²) in [7, 11) is 0. The topological polar surface area (TPSA) is 175 Å². The molecule has 10 rings (SSSR count). The highest BCUT2D eigenvalue weighted by Gasteiger charge is 2.47. The number of anilines is 3. The summed E-state index contributed by atoms with van der Waals surface area (Å²) in [6.07, 6.45) is 7.82. The average molecular weight is 875 g/mol. The van der Waals surface area contributed by atoms with Crippen LogP contribution in [0.1, 0.15) is 83.6 Å². The third kappa shape index (κ3) is 8.10. The third-order valence-corrected chi connectivity index (χ3v) is 13.8. The number of carbonyl (C=O) groups excluding carboxylic acids is 3. The van der Waals surface area contributed by atoms with Gasteiger partial charge in [-0.1, -0.05) is 18.2 Å². The monoisotopic (exact) mass is 874 g/mol. The number of para-hydroxylation sites is 1. The first kappa shape index (κ1) is 41.8. The van der Waals surface area contributed by atoms with Crippen LogP contribution in [0, 0.1) is 12.8 Å². The minimum Gasteiger partial charge on any atom is -0.507 e. The lowest BCUT2D eigenvalue weighted by Gasteiger charge is -2.42. The van der Waals surface area contributed by atoms with Gasteiger partial charge in [-0.3, -0.25) is 19.8 Å². The number of hydrogen-bond acceptors (Lipinski definition) is 11. The number of imide groups is 1. The second-order valence-electron chi connectivity index (χ2n) is 18.0. The van der Waals surface area contributed by atoms with Crippen molar-refractivity contribution in [2.24, 2.45) is 5.92 Å². The van der Waals surface area contributed by atoms with Gasteiger partial charge in [0.2, 0.25) is 5.91 Å². The van der Waals surface area contributed by atoms with Crippen LogP contribution in [0.5, 0.6) is 5.75 Å². The molecule has 17 heteroatoms. The number of alkyl halides is 2. The molecule has 0 bridgehead atoms. The Labute approximate surface area is 369 Å². The van der Waals surface area contributed by atoms with Crippen LogP contribution in [-0.2, 0) is 9.53 Å². The number of carbonyl (C=O) groups is 3. The number of nitrogens with zero attached hydrogens (tertiary/aromatic N) is 8. The maximum Gasteiger partial charge on any atom is 0.328 e. The highest BCUT2D eigenvalue weighted by atomic mass is 19.3. The number of pyridine rings is 1. The minimum atomic E-state index is -3.04. The molecule has 64 heavy (non-hydrogen) atoms. The predicted molar refractivity (Wildman–Crippen MR) is 237 cm³/mol. The molecule has 2 atom stereocenters. The van der Waals surface area contributed by atoms with Gasteiger partial charge >= 0.3 is 6.03 Å². The van der Waals surface area contributed by atoms with Crippen LogP contribution < -0.4 is 20.9 Å². The SMILES string of the molecule is Cc1cc(C(=O)N2CC[C@H](CN3CCC(n4cc(C5CC5)c5cc(N6CCC(=O)NC6=O)cnc54)CC3)C(F)(F)C2)ccc1[C@H]1CN(c2cc(-c3ccccc3O)nnc2N)CCO1. The first-order chi connectivity index (χ1) is 30.9. The van der Waals surface area contributed by atoms with Crippen molar-refractivity contribution in [3.63, 3.8) is 0 Å². The maximum atomic E-state index is 16.0. The van der Waals surface area contributed by atoms with Gasteiger partial charge in [0.15, 0.2) is 5.82 Å². The molecule has 0 spiro atoms. The van der Waals surface area contributed by atoms with E-state index in [1.807, 2.05) is 31.2 Å². The number of fused-ring (bicyclic) bond motifs is 1. The number of nitrogens with two attached hydrogens (primary N) is 1. The molecular formula is C47H52F2N10O5. The predicted octanol–water partition coefficient (Wildman–Crippen LogP) is 6.43. The summed E-state index contributed by atoms with van der Waals surface area (Å²) in [5.41, 5.74) is 12.8. The van der Waals surface area contributed by atoms with Crippen LogP contribution in [0.15, 0.2) is 67.0 Å². The zero-order chi connectivity index (χ0) is 44.3. The van der Waals surface area contributed by atoms with Crippen LogP contribution in [0.2, 0.25) is 0 Å². The molecule has 3 aromatic heterocycles. The van der Waals surface area contributed by atoms with Gasteiger partial charge in [-0.25, -0.2) is 18.6 Å². The molecule has 334 valence electrons. The van der Waals surface area contributed by atoms with E-state index in [1.54, 1.807) is 41.4 Å². The number of piperidine rings is 2. The van der Waals surface area contributed by atoms with Crippen molar-refractivity contribution in [3.05, 3.63) is 89.2 Å². The number of amides is 4. The fraction of sp³-hybridized carbons (Fsp3) is 0.447. The summed E-state index contributed by atoms with van der Waals surface area (Å²) in [6.45, 7) is 4.90. The molecule has 0 radical (unpaired) electrons. The van der Waals surface area contributed by atoms with Crippen LogP contribution in [0.3, 0.4) is 0 Å². The lowest BCUT2D eigenvalue weighted by molar-refractivity contribution is -0.120. The van der Waals surface area contributed by atoms with E-state index in [2.05, 4.69) is 36.1 Å². The van der Waals surface area contributed by atoms with E-state index in [0.29, 0.717) is 73.4 Å². The molecule has 4 saturated heterocycles. The fourth-order valence-corrected chi connectivity index (χ4v) is 10.1. The number of rotatable bonds is 9. The molecule has 15 nitrogen and oxygen atoms in total. The number of morpholine rings is 1. The van der Waals surface area contributed by atoms with Gasteiger partial charge in [0, 0.05) is 86.9 Å². The summed E-state index contributed by atoms with van der Waals surface area (Å²) in [6, 6.07) is 15.8. The Bertz CT molecular complexity index is 2630. The Morgan fingerprint density at radius 1 is 0.969 bits per heavy atom. The number of hydrogen-bond donors (Lipinski definition) is 3. The standard InChI is InChI=1S/C47H52F2N10O5/c1-28-20-30(8-9-34(28)41-26-56(18-19-64-41)39-22-38(53-54-43(39)50)35-4-2-3-5-40(35)60)45(62)57-16-10-31(47(48,49)27-57)24-55-14-11-32(12-15-55)59-25-37(29-6-7-29)36-21-33(23-51-44(36)59)58-17-13-42(61)52-46(58)63/h2-5,8-9,20-23,25,29,31-32,41,60H,6-7,10-19,24,26-27H2,1H3,(H2,50,54)(H,52,61,63)/t31-,41-/m1/s1. The van der Waals surface area contributed by atoms with E-state index < -0.39 is 30.3 Å². The Morgan fingerprint density at radius 2 is 1.78 bits per heavy atom. The van der Waals surface area contributed by atoms with Crippen molar-refractivity contribution in [1.29, 1.82) is 0 Å². The number of phenolic OH excluding ortho intramolecular Hbond substituents is 1. The molecular weight excluding hydrogens is 823 g/mol. The van der Waals surface area contributed by atoms with Gasteiger partial charge in [0.05, 0.1) is 36.4 Å². The van der Waals surface area contributed by atoms with E-state index >= 15 is 8.78 Å². The zero-order valence-corrected chi connectivity index (χ0v) is 35.8. The van der Waals surface area contributed by atoms with E-state index in [0.717, 1.165) is 47.8 Å². The van der Waals surface area contributed by atoms with Crippen LogP contribution in [-0.4, -0.2) is 117 Å². The fourth-order valence-electron chi connectivity index (χ4n) is 10.1. The second kappa shape index (κ2) is 16.7. The van der Waals surface area contributed by atoms with Crippen molar-refractivity contribution < 1.29 is 33.0 Å². The van der Waals surface area contributed by atoms with Gasteiger partial charge in [-0.2, -0.15) is 0 Å². The minimum absolute atomic E-state index is 0.0897. The first-order valence-electron chi connectivity index (χ1n) is 22.3. The summed E-state index contributed by atoms with van der Waals surface area (Å²) >= 11 is 0. The second-order valence-corrected chi connectivity index (χ2v) is 18.0. The average Bonchev–Trinajstić information content (AvgIpc) is 4.07. The van der Waals surface area contributed by atoms with Gasteiger partial charge in [0.25, 0.3) is 11.8 Å². The highest BCUT2D eigenvalue weighted by Crippen LogP contribution is 2.46. The summed E-state index contributed by atoms with van der Waals surface area (Å²) in [5, 5.41) is 22.2. The highest BCUT2D eigenvalue weighted by molar-refractivity contribution is 6.06. The van der Waals surface area contributed by atoms with Gasteiger partial charge < -0.3 is 34.8 Å². The van der Waals surface area contributed by atoms with Gasteiger partial charge in [-0.05, 0) is 98.0 Å². The molecule has 5 aliphatic rings.